The lowest BCUT2D eigenvalue weighted by molar-refractivity contribution is -0.120. The number of thiazole rings is 1. The molecule has 0 saturated heterocycles. The maximum Gasteiger partial charge on any atom is 0.226 e. The highest BCUT2D eigenvalue weighted by molar-refractivity contribution is 7.13. The Morgan fingerprint density at radius 1 is 1.25 bits per heavy atom. The third-order valence-electron chi connectivity index (χ3n) is 4.35. The average Bonchev–Trinajstić information content (AvgIpc) is 3.10. The highest BCUT2D eigenvalue weighted by Gasteiger charge is 2.17. The molecule has 0 aliphatic carbocycles. The van der Waals surface area contributed by atoms with Gasteiger partial charge >= 0.3 is 0 Å². The van der Waals surface area contributed by atoms with Gasteiger partial charge in [-0.2, -0.15) is 0 Å². The van der Waals surface area contributed by atoms with Gasteiger partial charge in [-0.05, 0) is 37.9 Å². The predicted molar refractivity (Wildman–Crippen MR) is 112 cm³/mol. The van der Waals surface area contributed by atoms with Crippen molar-refractivity contribution in [3.05, 3.63) is 76.0 Å². The summed E-state index contributed by atoms with van der Waals surface area (Å²) in [6.45, 7) is 0.386. The monoisotopic (exact) mass is 417 g/mol. The van der Waals surface area contributed by atoms with Crippen molar-refractivity contribution in [2.45, 2.75) is 12.5 Å². The average molecular weight is 418 g/mol. The maximum atomic E-state index is 13.5. The Morgan fingerprint density at radius 2 is 2.04 bits per heavy atom. The van der Waals surface area contributed by atoms with Gasteiger partial charge in [0, 0.05) is 17.5 Å². The van der Waals surface area contributed by atoms with E-state index >= 15 is 0 Å². The van der Waals surface area contributed by atoms with Crippen molar-refractivity contribution in [3.63, 3.8) is 0 Å². The number of aromatic nitrogens is 1. The van der Waals surface area contributed by atoms with E-state index in [1.807, 2.05) is 54.7 Å². The fourth-order valence-electron chi connectivity index (χ4n) is 2.90. The quantitative estimate of drug-likeness (QED) is 0.612. The van der Waals surface area contributed by atoms with Crippen molar-refractivity contribution < 1.29 is 9.18 Å². The molecule has 0 spiro atoms. The van der Waals surface area contributed by atoms with Crippen LogP contribution in [0.15, 0.2) is 53.9 Å². The second kappa shape index (κ2) is 9.28. The zero-order chi connectivity index (χ0) is 20.1. The molecule has 2 aromatic carbocycles. The first-order valence-corrected chi connectivity index (χ1v) is 10.1. The second-order valence-corrected chi connectivity index (χ2v) is 7.90. The number of hydrogen-bond acceptors (Lipinski definition) is 4. The van der Waals surface area contributed by atoms with Crippen molar-refractivity contribution >= 4 is 28.8 Å². The zero-order valence-corrected chi connectivity index (χ0v) is 17.2. The third kappa shape index (κ3) is 5.16. The van der Waals surface area contributed by atoms with Crippen LogP contribution in [0.3, 0.4) is 0 Å². The van der Waals surface area contributed by atoms with Crippen LogP contribution in [0.5, 0.6) is 0 Å². The Morgan fingerprint density at radius 3 is 2.75 bits per heavy atom. The fraction of sp³-hybridized carbons (Fsp3) is 0.238. The summed E-state index contributed by atoms with van der Waals surface area (Å²) in [5.41, 5.74) is 2.38. The normalized spacial score (nSPS) is 12.2. The van der Waals surface area contributed by atoms with Gasteiger partial charge < -0.3 is 10.2 Å². The van der Waals surface area contributed by atoms with Gasteiger partial charge in [0.15, 0.2) is 0 Å². The molecular formula is C21H21ClFN3OS. The molecule has 1 atom stereocenters. The smallest absolute Gasteiger partial charge is 0.226 e. The van der Waals surface area contributed by atoms with E-state index in [-0.39, 0.29) is 24.2 Å². The molecule has 28 heavy (non-hydrogen) atoms. The zero-order valence-electron chi connectivity index (χ0n) is 15.7. The summed E-state index contributed by atoms with van der Waals surface area (Å²) in [7, 11) is 3.80. The van der Waals surface area contributed by atoms with Gasteiger partial charge in [-0.3, -0.25) is 4.79 Å². The number of amides is 1. The summed E-state index contributed by atoms with van der Waals surface area (Å²) in [5, 5.41) is 6.22. The summed E-state index contributed by atoms with van der Waals surface area (Å²) < 4.78 is 13.5. The Kier molecular flexibility index (Phi) is 6.78. The molecule has 3 rings (SSSR count). The molecule has 1 amide bonds. The van der Waals surface area contributed by atoms with E-state index < -0.39 is 0 Å². The Balaban J connectivity index is 1.62. The molecule has 1 unspecified atom stereocenters. The number of halogens is 2. The van der Waals surface area contributed by atoms with Crippen LogP contribution in [-0.2, 0) is 11.2 Å². The van der Waals surface area contributed by atoms with Gasteiger partial charge in [0.2, 0.25) is 5.91 Å². The molecule has 0 fully saturated rings. The molecule has 146 valence electrons. The summed E-state index contributed by atoms with van der Waals surface area (Å²) in [5.74, 6) is -0.412. The summed E-state index contributed by atoms with van der Waals surface area (Å²) in [4.78, 5) is 18.9. The fourth-order valence-corrected chi connectivity index (χ4v) is 4.04. The number of likely N-dealkylation sites (N-methyl/N-ethyl adjacent to an activating group) is 1. The SMILES string of the molecule is CN(C)C(CNC(=O)Cc1csc(-c2ccccc2Cl)n1)c1cccc(F)c1. The Hall–Kier alpha value is -2.28. The predicted octanol–water partition coefficient (Wildman–Crippen LogP) is 4.56. The van der Waals surface area contributed by atoms with Gasteiger partial charge in [0.05, 0.1) is 23.2 Å². The van der Waals surface area contributed by atoms with Crippen molar-refractivity contribution in [2.75, 3.05) is 20.6 Å². The molecule has 7 heteroatoms. The van der Waals surface area contributed by atoms with Crippen molar-refractivity contribution in [1.29, 1.82) is 0 Å². The molecule has 0 aliphatic rings. The molecule has 1 heterocycles. The minimum absolute atomic E-state index is 0.117. The number of carbonyl (C=O) groups is 1. The molecule has 1 N–H and O–H groups in total. The molecule has 0 aliphatic heterocycles. The van der Waals surface area contributed by atoms with Crippen LogP contribution in [0.1, 0.15) is 17.3 Å². The molecule has 3 aromatic rings. The standard InChI is InChI=1S/C21H21ClFN3OS/c1-26(2)19(14-6-5-7-15(23)10-14)12-24-20(27)11-16-13-28-21(25-16)17-8-3-4-9-18(17)22/h3-10,13,19H,11-12H2,1-2H3,(H,24,27). The van der Waals surface area contributed by atoms with Crippen LogP contribution in [-0.4, -0.2) is 36.4 Å². The van der Waals surface area contributed by atoms with Gasteiger partial charge in [0.25, 0.3) is 0 Å². The van der Waals surface area contributed by atoms with E-state index in [1.165, 1.54) is 23.5 Å². The minimum atomic E-state index is -0.287. The number of nitrogens with one attached hydrogen (secondary N) is 1. The van der Waals surface area contributed by atoms with E-state index in [1.54, 1.807) is 6.07 Å². The first-order chi connectivity index (χ1) is 13.4. The lowest BCUT2D eigenvalue weighted by atomic mass is 10.1. The van der Waals surface area contributed by atoms with E-state index in [9.17, 15) is 9.18 Å². The van der Waals surface area contributed by atoms with Crippen LogP contribution in [0.2, 0.25) is 5.02 Å². The topological polar surface area (TPSA) is 45.2 Å². The van der Waals surface area contributed by atoms with E-state index in [0.717, 1.165) is 16.1 Å². The van der Waals surface area contributed by atoms with Gasteiger partial charge in [-0.1, -0.05) is 41.9 Å². The first kappa shape index (κ1) is 20.5. The van der Waals surface area contributed by atoms with E-state index in [4.69, 9.17) is 11.6 Å². The highest BCUT2D eigenvalue weighted by Crippen LogP contribution is 2.30. The van der Waals surface area contributed by atoms with Gasteiger partial charge in [-0.15, -0.1) is 11.3 Å². The number of hydrogen-bond donors (Lipinski definition) is 1. The lowest BCUT2D eigenvalue weighted by Gasteiger charge is -2.25. The summed E-state index contributed by atoms with van der Waals surface area (Å²) in [6, 6.07) is 13.8. The molecule has 0 saturated carbocycles. The Bertz CT molecular complexity index is 960. The van der Waals surface area contributed by atoms with E-state index in [2.05, 4.69) is 10.3 Å². The van der Waals surface area contributed by atoms with Crippen molar-refractivity contribution in [3.8, 4) is 10.6 Å². The molecule has 1 aromatic heterocycles. The van der Waals surface area contributed by atoms with Crippen LogP contribution in [0.25, 0.3) is 10.6 Å². The van der Waals surface area contributed by atoms with Crippen molar-refractivity contribution in [2.24, 2.45) is 0 Å². The third-order valence-corrected chi connectivity index (χ3v) is 5.60. The number of nitrogens with zero attached hydrogens (tertiary/aromatic N) is 2. The maximum absolute atomic E-state index is 13.5. The summed E-state index contributed by atoms with van der Waals surface area (Å²) in [6.07, 6.45) is 0.185. The van der Waals surface area contributed by atoms with E-state index in [0.29, 0.717) is 17.3 Å². The molecule has 0 radical (unpaired) electrons. The molecule has 0 bridgehead atoms. The minimum Gasteiger partial charge on any atom is -0.354 e. The molecular weight excluding hydrogens is 397 g/mol. The number of benzene rings is 2. The number of rotatable bonds is 7. The van der Waals surface area contributed by atoms with Crippen LogP contribution in [0.4, 0.5) is 4.39 Å². The first-order valence-electron chi connectivity index (χ1n) is 8.82. The van der Waals surface area contributed by atoms with Crippen molar-refractivity contribution in [1.82, 2.24) is 15.2 Å². The summed E-state index contributed by atoms with van der Waals surface area (Å²) >= 11 is 7.67. The van der Waals surface area contributed by atoms with Crippen LogP contribution in [0, 0.1) is 5.82 Å². The number of carbonyl (C=O) groups excluding carboxylic acids is 1. The van der Waals surface area contributed by atoms with Gasteiger partial charge in [0.1, 0.15) is 10.8 Å². The Labute approximate surface area is 173 Å². The van der Waals surface area contributed by atoms with Crippen LogP contribution < -0.4 is 5.32 Å². The second-order valence-electron chi connectivity index (χ2n) is 6.64. The lowest BCUT2D eigenvalue weighted by Crippen LogP contribution is -2.35. The highest BCUT2D eigenvalue weighted by atomic mass is 35.5. The largest absolute Gasteiger partial charge is 0.354 e. The molecule has 4 nitrogen and oxygen atoms in total. The van der Waals surface area contributed by atoms with Crippen LogP contribution >= 0.6 is 22.9 Å². The van der Waals surface area contributed by atoms with Gasteiger partial charge in [-0.25, -0.2) is 9.37 Å².